The van der Waals surface area contributed by atoms with E-state index in [2.05, 4.69) is 15.3 Å². The molecule has 2 heterocycles. The number of aliphatic hydroxyl groups excluding tert-OH is 1. The zero-order valence-corrected chi connectivity index (χ0v) is 16.8. The molecular formula is C22H20ClFN4O2. The third-order valence-corrected chi connectivity index (χ3v) is 4.88. The summed E-state index contributed by atoms with van der Waals surface area (Å²) in [5.74, 6) is 0.847. The van der Waals surface area contributed by atoms with Gasteiger partial charge in [0.2, 0.25) is 0 Å². The van der Waals surface area contributed by atoms with Crippen molar-refractivity contribution in [3.05, 3.63) is 77.5 Å². The van der Waals surface area contributed by atoms with E-state index in [1.54, 1.807) is 24.3 Å². The lowest BCUT2D eigenvalue weighted by Crippen LogP contribution is -2.03. The van der Waals surface area contributed by atoms with Gasteiger partial charge in [-0.3, -0.25) is 0 Å². The molecule has 0 unspecified atom stereocenters. The highest BCUT2D eigenvalue weighted by Gasteiger charge is 2.11. The van der Waals surface area contributed by atoms with Gasteiger partial charge >= 0.3 is 0 Å². The van der Waals surface area contributed by atoms with Crippen molar-refractivity contribution < 1.29 is 14.2 Å². The molecule has 2 aromatic carbocycles. The third kappa shape index (κ3) is 4.53. The standard InChI is InChI=1S/C22H20ClFN4O2/c23-18-12-17(5-6-20(18)30-13-15-3-1-4-16(24)11-15)27-22-21-19(25-14-26-22)7-9-28(21)8-2-10-29/h1,3-7,9,11-12,14,29H,2,8,10,13H2,(H,25,26,27). The average Bonchev–Trinajstić information content (AvgIpc) is 3.16. The molecule has 0 spiro atoms. The summed E-state index contributed by atoms with van der Waals surface area (Å²) in [5.41, 5.74) is 3.13. The molecule has 4 rings (SSSR count). The predicted molar refractivity (Wildman–Crippen MR) is 115 cm³/mol. The Morgan fingerprint density at radius 1 is 1.13 bits per heavy atom. The smallest absolute Gasteiger partial charge is 0.158 e. The fraction of sp³-hybridized carbons (Fsp3) is 0.182. The van der Waals surface area contributed by atoms with Crippen LogP contribution in [0.4, 0.5) is 15.9 Å². The molecule has 0 saturated heterocycles. The molecule has 0 fully saturated rings. The molecule has 154 valence electrons. The number of aromatic nitrogens is 3. The van der Waals surface area contributed by atoms with Gasteiger partial charge in [-0.25, -0.2) is 14.4 Å². The maximum atomic E-state index is 13.3. The lowest BCUT2D eigenvalue weighted by Gasteiger charge is -2.12. The molecule has 0 radical (unpaired) electrons. The largest absolute Gasteiger partial charge is 0.487 e. The molecule has 4 aromatic rings. The fourth-order valence-electron chi connectivity index (χ4n) is 3.17. The van der Waals surface area contributed by atoms with E-state index >= 15 is 0 Å². The normalized spacial score (nSPS) is 11.0. The van der Waals surface area contributed by atoms with Gasteiger partial charge in [-0.15, -0.1) is 0 Å². The summed E-state index contributed by atoms with van der Waals surface area (Å²) >= 11 is 6.39. The van der Waals surface area contributed by atoms with E-state index in [4.69, 9.17) is 21.4 Å². The molecule has 2 aromatic heterocycles. The maximum Gasteiger partial charge on any atom is 0.158 e. The molecule has 0 aliphatic carbocycles. The van der Waals surface area contributed by atoms with Gasteiger partial charge in [0.15, 0.2) is 5.82 Å². The average molecular weight is 427 g/mol. The van der Waals surface area contributed by atoms with Crippen LogP contribution in [0.25, 0.3) is 11.0 Å². The minimum Gasteiger partial charge on any atom is -0.487 e. The summed E-state index contributed by atoms with van der Waals surface area (Å²) in [7, 11) is 0. The number of rotatable bonds is 8. The second-order valence-corrected chi connectivity index (χ2v) is 7.14. The fourth-order valence-corrected chi connectivity index (χ4v) is 3.41. The highest BCUT2D eigenvalue weighted by atomic mass is 35.5. The molecule has 6 nitrogen and oxygen atoms in total. The topological polar surface area (TPSA) is 72.2 Å². The Morgan fingerprint density at radius 3 is 2.83 bits per heavy atom. The van der Waals surface area contributed by atoms with E-state index in [0.717, 1.165) is 22.3 Å². The Kier molecular flexibility index (Phi) is 6.11. The van der Waals surface area contributed by atoms with Gasteiger partial charge in [-0.2, -0.15) is 0 Å². The van der Waals surface area contributed by atoms with Crippen LogP contribution in [0.1, 0.15) is 12.0 Å². The first-order chi connectivity index (χ1) is 14.6. The number of nitrogens with one attached hydrogen (secondary N) is 1. The van der Waals surface area contributed by atoms with E-state index in [-0.39, 0.29) is 19.0 Å². The molecule has 0 amide bonds. The maximum absolute atomic E-state index is 13.3. The van der Waals surface area contributed by atoms with E-state index in [9.17, 15) is 4.39 Å². The van der Waals surface area contributed by atoms with Crippen molar-refractivity contribution in [2.45, 2.75) is 19.6 Å². The molecule has 30 heavy (non-hydrogen) atoms. The van der Waals surface area contributed by atoms with Crippen molar-refractivity contribution in [3.63, 3.8) is 0 Å². The number of aryl methyl sites for hydroxylation is 1. The van der Waals surface area contributed by atoms with E-state index in [1.165, 1.54) is 18.5 Å². The third-order valence-electron chi connectivity index (χ3n) is 4.59. The van der Waals surface area contributed by atoms with E-state index in [1.807, 2.05) is 22.9 Å². The minimum absolute atomic E-state index is 0.114. The molecule has 0 aliphatic rings. The van der Waals surface area contributed by atoms with Crippen LogP contribution >= 0.6 is 11.6 Å². The summed E-state index contributed by atoms with van der Waals surface area (Å²) in [4.78, 5) is 8.66. The molecule has 0 atom stereocenters. The van der Waals surface area contributed by atoms with Crippen LogP contribution in [0.3, 0.4) is 0 Å². The highest BCUT2D eigenvalue weighted by molar-refractivity contribution is 6.32. The molecule has 0 saturated carbocycles. The van der Waals surface area contributed by atoms with Gasteiger partial charge in [0.05, 0.1) is 10.5 Å². The van der Waals surface area contributed by atoms with Gasteiger partial charge < -0.3 is 19.7 Å². The second-order valence-electron chi connectivity index (χ2n) is 6.73. The van der Waals surface area contributed by atoms with Gasteiger partial charge in [-0.1, -0.05) is 23.7 Å². The first kappa shape index (κ1) is 20.1. The van der Waals surface area contributed by atoms with Gasteiger partial charge in [0.1, 0.15) is 30.0 Å². The number of halogens is 2. The number of hydrogen-bond acceptors (Lipinski definition) is 5. The van der Waals surface area contributed by atoms with Crippen LogP contribution in [-0.4, -0.2) is 26.2 Å². The quantitative estimate of drug-likeness (QED) is 0.418. The lowest BCUT2D eigenvalue weighted by molar-refractivity contribution is 0.280. The monoisotopic (exact) mass is 426 g/mol. The van der Waals surface area contributed by atoms with Gasteiger partial charge in [-0.05, 0) is 48.4 Å². The van der Waals surface area contributed by atoms with Crippen LogP contribution < -0.4 is 10.1 Å². The number of nitrogens with zero attached hydrogens (tertiary/aromatic N) is 3. The first-order valence-electron chi connectivity index (χ1n) is 9.48. The van der Waals surface area contributed by atoms with Crippen molar-refractivity contribution >= 4 is 34.1 Å². The first-order valence-corrected chi connectivity index (χ1v) is 9.86. The van der Waals surface area contributed by atoms with Crippen molar-refractivity contribution in [2.24, 2.45) is 0 Å². The molecular weight excluding hydrogens is 407 g/mol. The summed E-state index contributed by atoms with van der Waals surface area (Å²) in [5, 5.41) is 12.8. The number of ether oxygens (including phenoxy) is 1. The van der Waals surface area contributed by atoms with Gasteiger partial charge in [0, 0.05) is 25.0 Å². The Labute approximate surface area is 177 Å². The number of anilines is 2. The lowest BCUT2D eigenvalue weighted by atomic mass is 10.2. The zero-order chi connectivity index (χ0) is 20.9. The number of aliphatic hydroxyl groups is 1. The van der Waals surface area contributed by atoms with E-state index in [0.29, 0.717) is 29.6 Å². The Bertz CT molecular complexity index is 1170. The predicted octanol–water partition coefficient (Wildman–Crippen LogP) is 4.93. The van der Waals surface area contributed by atoms with Crippen molar-refractivity contribution in [2.75, 3.05) is 11.9 Å². The van der Waals surface area contributed by atoms with Crippen molar-refractivity contribution in [3.8, 4) is 5.75 Å². The summed E-state index contributed by atoms with van der Waals surface area (Å²) in [6.07, 6.45) is 4.07. The van der Waals surface area contributed by atoms with Crippen molar-refractivity contribution in [1.29, 1.82) is 0 Å². The van der Waals surface area contributed by atoms with Crippen molar-refractivity contribution in [1.82, 2.24) is 14.5 Å². The molecule has 2 N–H and O–H groups in total. The Morgan fingerprint density at radius 2 is 2.03 bits per heavy atom. The van der Waals surface area contributed by atoms with Crippen LogP contribution in [0.2, 0.25) is 5.02 Å². The molecule has 8 heteroatoms. The Balaban J connectivity index is 1.52. The van der Waals surface area contributed by atoms with Crippen LogP contribution in [0.5, 0.6) is 5.75 Å². The number of fused-ring (bicyclic) bond motifs is 1. The SMILES string of the molecule is OCCCn1ccc2ncnc(Nc3ccc(OCc4cccc(F)c4)c(Cl)c3)c21. The molecule has 0 aliphatic heterocycles. The van der Waals surface area contributed by atoms with Crippen LogP contribution in [0, 0.1) is 5.82 Å². The van der Waals surface area contributed by atoms with Gasteiger partial charge in [0.25, 0.3) is 0 Å². The van der Waals surface area contributed by atoms with Crippen LogP contribution in [0.15, 0.2) is 61.1 Å². The Hall–Kier alpha value is -3.16. The number of benzene rings is 2. The summed E-state index contributed by atoms with van der Waals surface area (Å²) in [6.45, 7) is 0.994. The number of hydrogen-bond donors (Lipinski definition) is 2. The minimum atomic E-state index is -0.304. The summed E-state index contributed by atoms with van der Waals surface area (Å²) < 4.78 is 21.0. The summed E-state index contributed by atoms with van der Waals surface area (Å²) in [6, 6.07) is 13.5. The highest BCUT2D eigenvalue weighted by Crippen LogP contribution is 2.31. The molecule has 0 bridgehead atoms. The van der Waals surface area contributed by atoms with Crippen LogP contribution in [-0.2, 0) is 13.2 Å². The van der Waals surface area contributed by atoms with E-state index < -0.39 is 0 Å². The second kappa shape index (κ2) is 9.11. The zero-order valence-electron chi connectivity index (χ0n) is 16.1.